The third kappa shape index (κ3) is 2.33. The fourth-order valence-electron chi connectivity index (χ4n) is 2.35. The molecule has 0 spiro atoms. The largest absolute Gasteiger partial charge is 0.298 e. The summed E-state index contributed by atoms with van der Waals surface area (Å²) in [5, 5.41) is 3.71. The standard InChI is InChI=1S/C14H13ClF2N2O/c1-7-4-8(2)12(9(3)5-7)19-13(15)10(6-20)11(18-19)14(16)17/h4-6,14H,1-3H3. The molecule has 2 rings (SSSR count). The van der Waals surface area contributed by atoms with E-state index in [-0.39, 0.29) is 10.7 Å². The van der Waals surface area contributed by atoms with E-state index in [0.29, 0.717) is 12.0 Å². The molecule has 0 atom stereocenters. The molecule has 3 nitrogen and oxygen atoms in total. The highest BCUT2D eigenvalue weighted by atomic mass is 35.5. The first-order valence-electron chi connectivity index (χ1n) is 5.96. The SMILES string of the molecule is Cc1cc(C)c(-n2nc(C(F)F)c(C=O)c2Cl)c(C)c1. The van der Waals surface area contributed by atoms with Crippen molar-refractivity contribution < 1.29 is 13.6 Å². The highest BCUT2D eigenvalue weighted by Gasteiger charge is 2.24. The molecular formula is C14H13ClF2N2O. The van der Waals surface area contributed by atoms with Gasteiger partial charge in [-0.05, 0) is 31.9 Å². The third-order valence-electron chi connectivity index (χ3n) is 3.06. The topological polar surface area (TPSA) is 34.9 Å². The molecule has 0 radical (unpaired) electrons. The molecule has 1 aromatic heterocycles. The molecule has 6 heteroatoms. The molecule has 0 unspecified atom stereocenters. The zero-order chi connectivity index (χ0) is 15.0. The summed E-state index contributed by atoms with van der Waals surface area (Å²) >= 11 is 6.03. The van der Waals surface area contributed by atoms with Gasteiger partial charge in [-0.1, -0.05) is 29.3 Å². The molecular weight excluding hydrogens is 286 g/mol. The van der Waals surface area contributed by atoms with E-state index in [1.165, 1.54) is 4.68 Å². The number of carbonyl (C=O) groups excluding carboxylic acids is 1. The smallest absolute Gasteiger partial charge is 0.282 e. The lowest BCUT2D eigenvalue weighted by atomic mass is 10.1. The maximum Gasteiger partial charge on any atom is 0.282 e. The van der Waals surface area contributed by atoms with Gasteiger partial charge < -0.3 is 0 Å². The van der Waals surface area contributed by atoms with Crippen LogP contribution in [-0.2, 0) is 0 Å². The van der Waals surface area contributed by atoms with Crippen LogP contribution in [0.15, 0.2) is 12.1 Å². The molecule has 2 aromatic rings. The first kappa shape index (κ1) is 14.7. The van der Waals surface area contributed by atoms with E-state index >= 15 is 0 Å². The Bertz CT molecular complexity index is 657. The van der Waals surface area contributed by atoms with Crippen LogP contribution >= 0.6 is 11.6 Å². The lowest BCUT2D eigenvalue weighted by Gasteiger charge is -2.12. The van der Waals surface area contributed by atoms with E-state index in [0.717, 1.165) is 16.7 Å². The van der Waals surface area contributed by atoms with Gasteiger partial charge in [-0.2, -0.15) is 5.10 Å². The molecule has 106 valence electrons. The Morgan fingerprint density at radius 1 is 1.25 bits per heavy atom. The predicted molar refractivity (Wildman–Crippen MR) is 73.1 cm³/mol. The number of carbonyl (C=O) groups is 1. The number of benzene rings is 1. The van der Waals surface area contributed by atoms with Gasteiger partial charge in [-0.25, -0.2) is 13.5 Å². The first-order chi connectivity index (χ1) is 9.36. The minimum Gasteiger partial charge on any atom is -0.298 e. The minimum absolute atomic E-state index is 0.0923. The average Bonchev–Trinajstić information content (AvgIpc) is 2.65. The highest BCUT2D eigenvalue weighted by Crippen LogP contribution is 2.31. The second kappa shape index (κ2) is 5.32. The van der Waals surface area contributed by atoms with Crippen LogP contribution in [0.1, 0.15) is 39.2 Å². The number of aryl methyl sites for hydroxylation is 3. The zero-order valence-corrected chi connectivity index (χ0v) is 12.0. The van der Waals surface area contributed by atoms with Gasteiger partial charge in [0.15, 0.2) is 6.29 Å². The highest BCUT2D eigenvalue weighted by molar-refractivity contribution is 6.32. The zero-order valence-electron chi connectivity index (χ0n) is 11.2. The van der Waals surface area contributed by atoms with Crippen LogP contribution < -0.4 is 0 Å². The summed E-state index contributed by atoms with van der Waals surface area (Å²) in [5.74, 6) is 0. The van der Waals surface area contributed by atoms with Crippen molar-refractivity contribution in [2.45, 2.75) is 27.2 Å². The van der Waals surface area contributed by atoms with E-state index in [9.17, 15) is 13.6 Å². The summed E-state index contributed by atoms with van der Waals surface area (Å²) in [6.07, 6.45) is -2.54. The molecule has 0 aliphatic heterocycles. The molecule has 0 aliphatic rings. The monoisotopic (exact) mass is 298 g/mol. The molecule has 0 bridgehead atoms. The van der Waals surface area contributed by atoms with Gasteiger partial charge in [0.05, 0.1) is 11.3 Å². The van der Waals surface area contributed by atoms with Crippen molar-refractivity contribution in [1.29, 1.82) is 0 Å². The summed E-state index contributed by atoms with van der Waals surface area (Å²) in [7, 11) is 0. The number of halogens is 3. The second-order valence-corrected chi connectivity index (χ2v) is 5.03. The van der Waals surface area contributed by atoms with E-state index in [4.69, 9.17) is 11.6 Å². The van der Waals surface area contributed by atoms with Gasteiger partial charge in [0.1, 0.15) is 10.8 Å². The average molecular weight is 299 g/mol. The van der Waals surface area contributed by atoms with Crippen LogP contribution in [0.4, 0.5) is 8.78 Å². The summed E-state index contributed by atoms with van der Waals surface area (Å²) in [6, 6.07) is 3.81. The Kier molecular flexibility index (Phi) is 3.90. The molecule has 0 saturated heterocycles. The Labute approximate surface area is 120 Å². The Hall–Kier alpha value is -1.75. The number of rotatable bonds is 3. The number of alkyl halides is 2. The van der Waals surface area contributed by atoms with Gasteiger partial charge in [0.2, 0.25) is 0 Å². The van der Waals surface area contributed by atoms with Gasteiger partial charge in [0, 0.05) is 0 Å². The van der Waals surface area contributed by atoms with Crippen LogP contribution in [0.2, 0.25) is 5.15 Å². The predicted octanol–water partition coefficient (Wildman–Crippen LogP) is 4.20. The fourth-order valence-corrected chi connectivity index (χ4v) is 2.61. The Balaban J connectivity index is 2.74. The Morgan fingerprint density at radius 3 is 2.20 bits per heavy atom. The lowest BCUT2D eigenvalue weighted by Crippen LogP contribution is -2.03. The van der Waals surface area contributed by atoms with Crippen molar-refractivity contribution in [2.75, 3.05) is 0 Å². The fraction of sp³-hybridized carbons (Fsp3) is 0.286. The quantitative estimate of drug-likeness (QED) is 0.796. The summed E-state index contributed by atoms with van der Waals surface area (Å²) in [4.78, 5) is 11.0. The van der Waals surface area contributed by atoms with Gasteiger partial charge in [-0.3, -0.25) is 4.79 Å². The van der Waals surface area contributed by atoms with Gasteiger partial charge in [-0.15, -0.1) is 0 Å². The molecule has 0 fully saturated rings. The van der Waals surface area contributed by atoms with Crippen molar-refractivity contribution in [3.8, 4) is 5.69 Å². The number of nitrogens with zero attached hydrogens (tertiary/aromatic N) is 2. The molecule has 0 aliphatic carbocycles. The lowest BCUT2D eigenvalue weighted by molar-refractivity contribution is 0.110. The van der Waals surface area contributed by atoms with Crippen LogP contribution in [-0.4, -0.2) is 16.1 Å². The maximum atomic E-state index is 12.9. The van der Waals surface area contributed by atoms with Crippen LogP contribution in [0, 0.1) is 20.8 Å². The van der Waals surface area contributed by atoms with Crippen LogP contribution in [0.5, 0.6) is 0 Å². The number of aldehydes is 1. The van der Waals surface area contributed by atoms with Crippen molar-refractivity contribution >= 4 is 17.9 Å². The number of hydrogen-bond donors (Lipinski definition) is 0. The number of hydrogen-bond acceptors (Lipinski definition) is 2. The van der Waals surface area contributed by atoms with Crippen molar-refractivity contribution in [1.82, 2.24) is 9.78 Å². The molecule has 1 aromatic carbocycles. The minimum atomic E-state index is -2.85. The summed E-state index contributed by atoms with van der Waals surface area (Å²) in [5.41, 5.74) is 2.52. The van der Waals surface area contributed by atoms with E-state index in [1.807, 2.05) is 32.9 Å². The summed E-state index contributed by atoms with van der Waals surface area (Å²) in [6.45, 7) is 5.63. The van der Waals surface area contributed by atoms with Crippen molar-refractivity contribution in [3.05, 3.63) is 45.2 Å². The summed E-state index contributed by atoms with van der Waals surface area (Å²) < 4.78 is 27.0. The van der Waals surface area contributed by atoms with E-state index < -0.39 is 12.1 Å². The maximum absolute atomic E-state index is 12.9. The van der Waals surface area contributed by atoms with Gasteiger partial charge in [0.25, 0.3) is 6.43 Å². The third-order valence-corrected chi connectivity index (χ3v) is 3.43. The molecule has 0 amide bonds. The number of aromatic nitrogens is 2. The van der Waals surface area contributed by atoms with E-state index in [1.54, 1.807) is 0 Å². The van der Waals surface area contributed by atoms with Crippen molar-refractivity contribution in [2.24, 2.45) is 0 Å². The van der Waals surface area contributed by atoms with Gasteiger partial charge >= 0.3 is 0 Å². The van der Waals surface area contributed by atoms with E-state index in [2.05, 4.69) is 5.10 Å². The molecule has 20 heavy (non-hydrogen) atoms. The molecule has 0 saturated carbocycles. The normalized spacial score (nSPS) is 11.2. The van der Waals surface area contributed by atoms with Crippen LogP contribution in [0.3, 0.4) is 0 Å². The molecule has 0 N–H and O–H groups in total. The Morgan fingerprint density at radius 2 is 1.80 bits per heavy atom. The second-order valence-electron chi connectivity index (χ2n) is 4.67. The first-order valence-corrected chi connectivity index (χ1v) is 6.34. The van der Waals surface area contributed by atoms with Crippen LogP contribution in [0.25, 0.3) is 5.69 Å². The molecule has 1 heterocycles. The van der Waals surface area contributed by atoms with Crippen molar-refractivity contribution in [3.63, 3.8) is 0 Å².